The summed E-state index contributed by atoms with van der Waals surface area (Å²) < 4.78 is 80.0. The number of aryl methyl sites for hydroxylation is 1. The van der Waals surface area contributed by atoms with E-state index < -0.39 is 40.5 Å². The van der Waals surface area contributed by atoms with Gasteiger partial charge in [0.1, 0.15) is 0 Å². The number of hydrogen-bond donors (Lipinski definition) is 1. The normalized spacial score (nSPS) is 17.0. The highest BCUT2D eigenvalue weighted by molar-refractivity contribution is 7.89. The fourth-order valence-corrected chi connectivity index (χ4v) is 5.46. The maximum Gasteiger partial charge on any atom is 0.511 e. The standard InChI is InChI=1S/C24H23ClF4N4O2S/c25-20-7-4-8-23-19(20)15-32(36(34,35)24(27,28)29)14-18(10-9-16-5-2-1-3-6-16)33(23)13-17-11-22(30)21(26)12-31-17/h1-8,11-12,18H,9-10,13-15H2,(H2,30,31). The summed E-state index contributed by atoms with van der Waals surface area (Å²) in [6, 6.07) is 14.8. The Morgan fingerprint density at radius 1 is 1.11 bits per heavy atom. The van der Waals surface area contributed by atoms with Gasteiger partial charge < -0.3 is 10.6 Å². The summed E-state index contributed by atoms with van der Waals surface area (Å²) in [6.45, 7) is -0.929. The van der Waals surface area contributed by atoms with Crippen LogP contribution in [0.1, 0.15) is 23.2 Å². The number of anilines is 2. The van der Waals surface area contributed by atoms with Crippen molar-refractivity contribution in [3.8, 4) is 0 Å². The van der Waals surface area contributed by atoms with Gasteiger partial charge in [-0.15, -0.1) is 0 Å². The van der Waals surface area contributed by atoms with Crippen molar-refractivity contribution in [3.63, 3.8) is 0 Å². The largest absolute Gasteiger partial charge is 0.511 e. The number of halogens is 5. The van der Waals surface area contributed by atoms with Crippen LogP contribution in [-0.2, 0) is 29.5 Å². The molecule has 0 saturated carbocycles. The molecule has 0 fully saturated rings. The lowest BCUT2D eigenvalue weighted by atomic mass is 10.0. The number of alkyl halides is 3. The van der Waals surface area contributed by atoms with Crippen molar-refractivity contribution in [2.75, 3.05) is 17.2 Å². The van der Waals surface area contributed by atoms with Gasteiger partial charge >= 0.3 is 15.5 Å². The van der Waals surface area contributed by atoms with Crippen LogP contribution < -0.4 is 10.6 Å². The Bertz CT molecular complexity index is 1340. The molecule has 3 aromatic rings. The molecular weight excluding hydrogens is 520 g/mol. The summed E-state index contributed by atoms with van der Waals surface area (Å²) in [6.07, 6.45) is 1.79. The van der Waals surface area contributed by atoms with E-state index in [0.717, 1.165) is 11.8 Å². The fourth-order valence-electron chi connectivity index (χ4n) is 4.27. The van der Waals surface area contributed by atoms with E-state index in [1.807, 2.05) is 30.3 Å². The van der Waals surface area contributed by atoms with Gasteiger partial charge in [0.25, 0.3) is 0 Å². The molecule has 1 unspecified atom stereocenters. The van der Waals surface area contributed by atoms with Gasteiger partial charge in [-0.25, -0.2) is 12.8 Å². The Morgan fingerprint density at radius 2 is 1.83 bits per heavy atom. The van der Waals surface area contributed by atoms with Gasteiger partial charge in [0.05, 0.1) is 24.1 Å². The van der Waals surface area contributed by atoms with E-state index in [2.05, 4.69) is 4.98 Å². The van der Waals surface area contributed by atoms with Crippen LogP contribution in [0.3, 0.4) is 0 Å². The molecule has 1 atom stereocenters. The Morgan fingerprint density at radius 3 is 2.50 bits per heavy atom. The first-order chi connectivity index (χ1) is 17.0. The molecule has 192 valence electrons. The van der Waals surface area contributed by atoms with Crippen molar-refractivity contribution >= 4 is 33.0 Å². The van der Waals surface area contributed by atoms with Gasteiger partial charge in [0.15, 0.2) is 5.82 Å². The monoisotopic (exact) mass is 542 g/mol. The number of rotatable bonds is 6. The smallest absolute Gasteiger partial charge is 0.396 e. The SMILES string of the molecule is Nc1cc(CN2c3cccc(Cl)c3CN(S(=O)(=O)C(F)(F)F)CC2CCc2ccccc2)ncc1F. The topological polar surface area (TPSA) is 79.5 Å². The lowest BCUT2D eigenvalue weighted by Gasteiger charge is -2.34. The van der Waals surface area contributed by atoms with Crippen LogP contribution >= 0.6 is 11.6 Å². The Kier molecular flexibility index (Phi) is 7.44. The minimum absolute atomic E-state index is 0.0528. The number of hydrogen-bond acceptors (Lipinski definition) is 5. The predicted octanol–water partition coefficient (Wildman–Crippen LogP) is 5.13. The second-order valence-electron chi connectivity index (χ2n) is 8.48. The molecule has 0 amide bonds. The van der Waals surface area contributed by atoms with Crippen LogP contribution in [0.25, 0.3) is 0 Å². The Labute approximate surface area is 211 Å². The molecule has 6 nitrogen and oxygen atoms in total. The summed E-state index contributed by atoms with van der Waals surface area (Å²) >= 11 is 6.36. The zero-order chi connectivity index (χ0) is 26.1. The van der Waals surface area contributed by atoms with E-state index >= 15 is 0 Å². The predicted molar refractivity (Wildman–Crippen MR) is 130 cm³/mol. The zero-order valence-corrected chi connectivity index (χ0v) is 20.5. The van der Waals surface area contributed by atoms with Crippen LogP contribution in [0, 0.1) is 5.82 Å². The number of aromatic nitrogens is 1. The van der Waals surface area contributed by atoms with Crippen LogP contribution in [-0.4, -0.2) is 35.8 Å². The van der Waals surface area contributed by atoms with Gasteiger partial charge in [-0.2, -0.15) is 17.5 Å². The first-order valence-corrected chi connectivity index (χ1v) is 12.8. The Hall–Kier alpha value is -2.89. The number of nitrogens with zero attached hydrogens (tertiary/aromatic N) is 3. The molecule has 1 aromatic heterocycles. The quantitative estimate of drug-likeness (QED) is 0.437. The molecule has 2 heterocycles. The lowest BCUT2D eigenvalue weighted by Crippen LogP contribution is -2.47. The number of nitrogen functional groups attached to an aromatic ring is 1. The van der Waals surface area contributed by atoms with Crippen LogP contribution in [0.15, 0.2) is 60.8 Å². The number of nitrogens with two attached hydrogens (primary N) is 1. The highest BCUT2D eigenvalue weighted by Gasteiger charge is 2.51. The minimum Gasteiger partial charge on any atom is -0.396 e. The highest BCUT2D eigenvalue weighted by atomic mass is 35.5. The molecule has 2 aromatic carbocycles. The first-order valence-electron chi connectivity index (χ1n) is 11.0. The van der Waals surface area contributed by atoms with Gasteiger partial charge in [-0.3, -0.25) is 4.98 Å². The zero-order valence-electron chi connectivity index (χ0n) is 18.9. The minimum atomic E-state index is -5.64. The molecule has 0 saturated heterocycles. The third kappa shape index (κ3) is 5.42. The third-order valence-corrected chi connectivity index (χ3v) is 8.01. The summed E-state index contributed by atoms with van der Waals surface area (Å²) in [5.41, 5.74) is 2.15. The lowest BCUT2D eigenvalue weighted by molar-refractivity contribution is -0.0492. The molecule has 2 N–H and O–H groups in total. The van der Waals surface area contributed by atoms with E-state index in [1.165, 1.54) is 12.1 Å². The molecule has 1 aliphatic rings. The molecule has 36 heavy (non-hydrogen) atoms. The summed E-state index contributed by atoms with van der Waals surface area (Å²) in [5.74, 6) is -0.693. The van der Waals surface area contributed by atoms with Crippen molar-refractivity contribution in [2.24, 2.45) is 0 Å². The number of fused-ring (bicyclic) bond motifs is 1. The van der Waals surface area contributed by atoms with E-state index in [4.69, 9.17) is 17.3 Å². The summed E-state index contributed by atoms with van der Waals surface area (Å²) in [5, 5.41) is 0.134. The molecule has 0 bridgehead atoms. The van der Waals surface area contributed by atoms with Gasteiger partial charge in [0.2, 0.25) is 0 Å². The molecular formula is C24H23ClF4N4O2S. The van der Waals surface area contributed by atoms with Crippen LogP contribution in [0.2, 0.25) is 5.02 Å². The molecule has 1 aliphatic heterocycles. The molecule has 4 rings (SSSR count). The fraction of sp³-hybridized carbons (Fsp3) is 0.292. The van der Waals surface area contributed by atoms with E-state index in [9.17, 15) is 26.0 Å². The van der Waals surface area contributed by atoms with E-state index in [0.29, 0.717) is 28.5 Å². The molecule has 0 radical (unpaired) electrons. The number of benzene rings is 2. The van der Waals surface area contributed by atoms with Gasteiger partial charge in [-0.05, 0) is 36.6 Å². The molecule has 0 aliphatic carbocycles. The second-order valence-corrected chi connectivity index (χ2v) is 10.8. The van der Waals surface area contributed by atoms with Crippen molar-refractivity contribution < 1.29 is 26.0 Å². The Balaban J connectivity index is 1.80. The van der Waals surface area contributed by atoms with Crippen molar-refractivity contribution in [1.82, 2.24) is 9.29 Å². The van der Waals surface area contributed by atoms with Gasteiger partial charge in [-0.1, -0.05) is 48.0 Å². The van der Waals surface area contributed by atoms with Gasteiger partial charge in [0, 0.05) is 35.4 Å². The molecule has 0 spiro atoms. The van der Waals surface area contributed by atoms with Crippen molar-refractivity contribution in [3.05, 3.63) is 88.5 Å². The third-order valence-electron chi connectivity index (χ3n) is 6.11. The first kappa shape index (κ1) is 26.2. The maximum atomic E-state index is 13.7. The van der Waals surface area contributed by atoms with E-state index in [1.54, 1.807) is 17.0 Å². The molecule has 12 heteroatoms. The summed E-state index contributed by atoms with van der Waals surface area (Å²) in [4.78, 5) is 5.85. The summed E-state index contributed by atoms with van der Waals surface area (Å²) in [7, 11) is -5.64. The second kappa shape index (κ2) is 10.2. The average Bonchev–Trinajstić information content (AvgIpc) is 2.98. The van der Waals surface area contributed by atoms with E-state index in [-0.39, 0.29) is 22.8 Å². The van der Waals surface area contributed by atoms with Crippen molar-refractivity contribution in [1.29, 1.82) is 0 Å². The number of sulfonamides is 1. The van der Waals surface area contributed by atoms with Crippen LogP contribution in [0.4, 0.5) is 28.9 Å². The van der Waals surface area contributed by atoms with Crippen LogP contribution in [0.5, 0.6) is 0 Å². The average molecular weight is 543 g/mol. The highest BCUT2D eigenvalue weighted by Crippen LogP contribution is 2.38. The number of pyridine rings is 1. The maximum absolute atomic E-state index is 13.7. The van der Waals surface area contributed by atoms with Crippen molar-refractivity contribution in [2.45, 2.75) is 37.5 Å².